The van der Waals surface area contributed by atoms with Crippen LogP contribution in [0.15, 0.2) is 30.5 Å². The molecule has 0 atom stereocenters. The molecule has 2 N–H and O–H groups in total. The highest BCUT2D eigenvalue weighted by Gasteiger charge is 2.27. The number of nitrogens with zero attached hydrogens (tertiary/aromatic N) is 1. The lowest BCUT2D eigenvalue weighted by Crippen LogP contribution is -2.14. The molecule has 0 radical (unpaired) electrons. The minimum absolute atomic E-state index is 0.166. The van der Waals surface area contributed by atoms with Crippen LogP contribution in [0.5, 0.6) is 5.75 Å². The van der Waals surface area contributed by atoms with Crippen molar-refractivity contribution < 1.29 is 17.9 Å². The summed E-state index contributed by atoms with van der Waals surface area (Å²) >= 11 is 0. The summed E-state index contributed by atoms with van der Waals surface area (Å²) in [5.74, 6) is 0.386. The number of fused-ring (bicyclic) bond motifs is 1. The molecule has 1 aromatic heterocycles. The van der Waals surface area contributed by atoms with Crippen LogP contribution in [0.2, 0.25) is 0 Å². The molecule has 0 bridgehead atoms. The topological polar surface area (TPSA) is 48.1 Å². The van der Waals surface area contributed by atoms with Gasteiger partial charge in [-0.3, -0.25) is 4.98 Å². The molecule has 0 aliphatic rings. The maximum atomic E-state index is 12.1. The van der Waals surface area contributed by atoms with E-state index in [9.17, 15) is 13.2 Å². The van der Waals surface area contributed by atoms with Crippen LogP contribution in [0.1, 0.15) is 12.0 Å². The third-order valence-corrected chi connectivity index (χ3v) is 2.65. The number of halogens is 3. The molecule has 0 aliphatic heterocycles. The Labute approximate surface area is 108 Å². The molecule has 1 aromatic carbocycles. The fraction of sp³-hybridized carbons (Fsp3) is 0.308. The van der Waals surface area contributed by atoms with Crippen LogP contribution in [0.25, 0.3) is 10.9 Å². The summed E-state index contributed by atoms with van der Waals surface area (Å²) in [6, 6.07) is 7.11. The summed E-state index contributed by atoms with van der Waals surface area (Å²) in [5.41, 5.74) is 6.82. The van der Waals surface area contributed by atoms with Crippen LogP contribution in [0.4, 0.5) is 13.2 Å². The van der Waals surface area contributed by atoms with E-state index in [1.807, 2.05) is 0 Å². The van der Waals surface area contributed by atoms with Gasteiger partial charge in [-0.1, -0.05) is 12.1 Å². The SMILES string of the molecule is NCc1cnc2ccccc2c1OCCC(F)(F)F. The van der Waals surface area contributed by atoms with Crippen LogP contribution in [0, 0.1) is 0 Å². The third kappa shape index (κ3) is 3.35. The molecule has 3 nitrogen and oxygen atoms in total. The zero-order valence-corrected chi connectivity index (χ0v) is 10.1. The highest BCUT2D eigenvalue weighted by molar-refractivity contribution is 5.86. The Balaban J connectivity index is 2.29. The normalized spacial score (nSPS) is 11.8. The fourth-order valence-electron chi connectivity index (χ4n) is 1.74. The van der Waals surface area contributed by atoms with E-state index in [2.05, 4.69) is 4.98 Å². The molecule has 1 heterocycles. The maximum Gasteiger partial charge on any atom is 0.392 e. The number of benzene rings is 1. The number of hydrogen-bond acceptors (Lipinski definition) is 3. The van der Waals surface area contributed by atoms with Gasteiger partial charge in [-0.25, -0.2) is 0 Å². The number of rotatable bonds is 4. The van der Waals surface area contributed by atoms with Crippen LogP contribution < -0.4 is 10.5 Å². The lowest BCUT2D eigenvalue weighted by Gasteiger charge is -2.13. The highest BCUT2D eigenvalue weighted by atomic mass is 19.4. The van der Waals surface area contributed by atoms with E-state index >= 15 is 0 Å². The van der Waals surface area contributed by atoms with Gasteiger partial charge in [-0.2, -0.15) is 13.2 Å². The Kier molecular flexibility index (Phi) is 3.90. The first kappa shape index (κ1) is 13.6. The molecule has 2 aromatic rings. The molecule has 0 saturated heterocycles. The Hall–Kier alpha value is -1.82. The van der Waals surface area contributed by atoms with E-state index in [-0.39, 0.29) is 6.54 Å². The van der Waals surface area contributed by atoms with Crippen molar-refractivity contribution in [2.75, 3.05) is 6.61 Å². The molecule has 6 heteroatoms. The molecule has 0 spiro atoms. The Morgan fingerprint density at radius 3 is 2.63 bits per heavy atom. The van der Waals surface area contributed by atoms with Crippen molar-refractivity contribution in [2.45, 2.75) is 19.1 Å². The van der Waals surface area contributed by atoms with Crippen molar-refractivity contribution in [3.63, 3.8) is 0 Å². The maximum absolute atomic E-state index is 12.1. The van der Waals surface area contributed by atoms with E-state index in [1.165, 1.54) is 6.20 Å². The van der Waals surface area contributed by atoms with Crippen LogP contribution >= 0.6 is 0 Å². The predicted octanol–water partition coefficient (Wildman–Crippen LogP) is 3.02. The molecule has 0 fully saturated rings. The number of hydrogen-bond donors (Lipinski definition) is 1. The largest absolute Gasteiger partial charge is 0.492 e. The number of pyridine rings is 1. The van der Waals surface area contributed by atoms with Gasteiger partial charge in [-0.15, -0.1) is 0 Å². The van der Waals surface area contributed by atoms with Gasteiger partial charge in [0.05, 0.1) is 18.5 Å². The second-order valence-corrected chi connectivity index (χ2v) is 4.05. The lowest BCUT2D eigenvalue weighted by atomic mass is 10.1. The average molecular weight is 270 g/mol. The van der Waals surface area contributed by atoms with Crippen molar-refractivity contribution in [1.82, 2.24) is 4.98 Å². The molecule has 0 aliphatic carbocycles. The standard InChI is InChI=1S/C13H13F3N2O/c14-13(15,16)5-6-19-12-9(7-17)8-18-11-4-2-1-3-10(11)12/h1-4,8H,5-7,17H2. The number of alkyl halides is 3. The van der Waals surface area contributed by atoms with Gasteiger partial charge in [0.15, 0.2) is 0 Å². The van der Waals surface area contributed by atoms with Crippen LogP contribution in [-0.4, -0.2) is 17.8 Å². The summed E-state index contributed by atoms with van der Waals surface area (Å²) in [6.45, 7) is -0.260. The molecule has 2 rings (SSSR count). The molecule has 0 unspecified atom stereocenters. The van der Waals surface area contributed by atoms with Gasteiger partial charge in [-0.05, 0) is 12.1 Å². The monoisotopic (exact) mass is 270 g/mol. The number of nitrogens with two attached hydrogens (primary N) is 1. The molecule has 19 heavy (non-hydrogen) atoms. The molecular formula is C13H13F3N2O. The first-order valence-corrected chi connectivity index (χ1v) is 5.77. The van der Waals surface area contributed by atoms with Crippen molar-refractivity contribution >= 4 is 10.9 Å². The lowest BCUT2D eigenvalue weighted by molar-refractivity contribution is -0.139. The second-order valence-electron chi connectivity index (χ2n) is 4.05. The Morgan fingerprint density at radius 1 is 1.21 bits per heavy atom. The van der Waals surface area contributed by atoms with Gasteiger partial charge >= 0.3 is 6.18 Å². The van der Waals surface area contributed by atoms with Crippen molar-refractivity contribution in [3.05, 3.63) is 36.0 Å². The summed E-state index contributed by atoms with van der Waals surface area (Å²) in [6.07, 6.45) is -3.69. The fourth-order valence-corrected chi connectivity index (χ4v) is 1.74. The van der Waals surface area contributed by atoms with Gasteiger partial charge in [0.25, 0.3) is 0 Å². The van der Waals surface area contributed by atoms with Crippen LogP contribution in [-0.2, 0) is 6.54 Å². The van der Waals surface area contributed by atoms with E-state index in [4.69, 9.17) is 10.5 Å². The molecule has 0 saturated carbocycles. The van der Waals surface area contributed by atoms with Gasteiger partial charge in [0.1, 0.15) is 5.75 Å². The number of aromatic nitrogens is 1. The average Bonchev–Trinajstić information content (AvgIpc) is 2.37. The Bertz CT molecular complexity index is 569. The van der Waals surface area contributed by atoms with Gasteiger partial charge in [0.2, 0.25) is 0 Å². The summed E-state index contributed by atoms with van der Waals surface area (Å²) in [5, 5.41) is 0.674. The highest BCUT2D eigenvalue weighted by Crippen LogP contribution is 2.29. The van der Waals surface area contributed by atoms with Crippen molar-refractivity contribution in [2.24, 2.45) is 5.73 Å². The number of ether oxygens (including phenoxy) is 1. The minimum Gasteiger partial charge on any atom is -0.492 e. The molecular weight excluding hydrogens is 257 g/mol. The van der Waals surface area contributed by atoms with E-state index in [0.717, 1.165) is 0 Å². The Morgan fingerprint density at radius 2 is 1.95 bits per heavy atom. The first-order chi connectivity index (χ1) is 9.01. The predicted molar refractivity (Wildman–Crippen MR) is 65.8 cm³/mol. The zero-order valence-electron chi connectivity index (χ0n) is 10.1. The summed E-state index contributed by atoms with van der Waals surface area (Å²) < 4.78 is 41.7. The van der Waals surface area contributed by atoms with E-state index in [0.29, 0.717) is 22.2 Å². The second kappa shape index (κ2) is 5.44. The zero-order chi connectivity index (χ0) is 13.9. The summed E-state index contributed by atoms with van der Waals surface area (Å²) in [7, 11) is 0. The first-order valence-electron chi connectivity index (χ1n) is 5.77. The van der Waals surface area contributed by atoms with Crippen LogP contribution in [0.3, 0.4) is 0 Å². The third-order valence-electron chi connectivity index (χ3n) is 2.65. The van der Waals surface area contributed by atoms with Crippen molar-refractivity contribution in [3.8, 4) is 5.75 Å². The molecule has 102 valence electrons. The van der Waals surface area contributed by atoms with Gasteiger partial charge in [0, 0.05) is 23.7 Å². The summed E-state index contributed by atoms with van der Waals surface area (Å²) in [4.78, 5) is 4.19. The number of para-hydroxylation sites is 1. The quantitative estimate of drug-likeness (QED) is 0.929. The van der Waals surface area contributed by atoms with Gasteiger partial charge < -0.3 is 10.5 Å². The van der Waals surface area contributed by atoms with E-state index in [1.54, 1.807) is 24.3 Å². The smallest absolute Gasteiger partial charge is 0.392 e. The van der Waals surface area contributed by atoms with E-state index < -0.39 is 19.2 Å². The van der Waals surface area contributed by atoms with Crippen molar-refractivity contribution in [1.29, 1.82) is 0 Å². The minimum atomic E-state index is -4.23. The molecule has 0 amide bonds.